The van der Waals surface area contributed by atoms with Crippen LogP contribution in [-0.4, -0.2) is 38.3 Å². The highest BCUT2D eigenvalue weighted by molar-refractivity contribution is 9.10. The number of hydrogen-bond acceptors (Lipinski definition) is 5. The van der Waals surface area contributed by atoms with Crippen molar-refractivity contribution in [2.45, 2.75) is 11.3 Å². The minimum atomic E-state index is -3.73. The maximum Gasteiger partial charge on any atom is 0.307 e. The molecular formula is C19H17BrN2O5S. The highest BCUT2D eigenvalue weighted by atomic mass is 79.9. The number of halogens is 1. The lowest BCUT2D eigenvalue weighted by Gasteiger charge is -2.07. The van der Waals surface area contributed by atoms with Gasteiger partial charge in [0.1, 0.15) is 0 Å². The van der Waals surface area contributed by atoms with Gasteiger partial charge in [-0.2, -0.15) is 0 Å². The molecule has 1 heterocycles. The summed E-state index contributed by atoms with van der Waals surface area (Å²) in [7, 11) is -3.73. The van der Waals surface area contributed by atoms with Gasteiger partial charge < -0.3 is 9.72 Å². The molecule has 7 nitrogen and oxygen atoms in total. The molecule has 0 unspecified atom stereocenters. The lowest BCUT2D eigenvalue weighted by atomic mass is 10.1. The smallest absolute Gasteiger partial charge is 0.307 e. The van der Waals surface area contributed by atoms with Gasteiger partial charge in [-0.1, -0.05) is 40.2 Å². The third-order valence-corrected chi connectivity index (χ3v) is 5.93. The molecule has 0 spiro atoms. The zero-order valence-corrected chi connectivity index (χ0v) is 17.0. The molecule has 0 aliphatic rings. The van der Waals surface area contributed by atoms with Crippen LogP contribution in [0.15, 0.2) is 64.1 Å². The Hall–Kier alpha value is -2.49. The molecule has 0 amide bonds. The summed E-state index contributed by atoms with van der Waals surface area (Å²) in [6.07, 6.45) is 1.39. The number of sulfonamides is 1. The van der Waals surface area contributed by atoms with Crippen LogP contribution in [0.2, 0.25) is 0 Å². The molecule has 0 aliphatic heterocycles. The van der Waals surface area contributed by atoms with Gasteiger partial charge in [0.05, 0.1) is 11.3 Å². The third-order valence-electron chi connectivity index (χ3n) is 3.98. The molecule has 28 heavy (non-hydrogen) atoms. The first kappa shape index (κ1) is 20.2. The predicted octanol–water partition coefficient (Wildman–Crippen LogP) is 3.02. The number of rotatable bonds is 8. The molecule has 9 heteroatoms. The summed E-state index contributed by atoms with van der Waals surface area (Å²) >= 11 is 3.21. The summed E-state index contributed by atoms with van der Waals surface area (Å²) < 4.78 is 32.3. The number of benzene rings is 2. The van der Waals surface area contributed by atoms with Crippen LogP contribution in [-0.2, 0) is 19.6 Å². The Bertz CT molecular complexity index is 1120. The Morgan fingerprint density at radius 2 is 1.89 bits per heavy atom. The molecule has 146 valence electrons. The first-order valence-electron chi connectivity index (χ1n) is 8.37. The van der Waals surface area contributed by atoms with Gasteiger partial charge in [0.2, 0.25) is 15.8 Å². The first-order valence-corrected chi connectivity index (χ1v) is 10.6. The number of ketones is 1. The molecule has 2 aromatic carbocycles. The van der Waals surface area contributed by atoms with Gasteiger partial charge in [0, 0.05) is 33.7 Å². The summed E-state index contributed by atoms with van der Waals surface area (Å²) in [4.78, 5) is 27.2. The topological polar surface area (TPSA) is 105 Å². The number of ether oxygens (including phenoxy) is 1. The lowest BCUT2D eigenvalue weighted by molar-refractivity contribution is -0.142. The molecule has 0 radical (unpaired) electrons. The van der Waals surface area contributed by atoms with Crippen molar-refractivity contribution >= 4 is 48.6 Å². The number of aromatic nitrogens is 1. The van der Waals surface area contributed by atoms with Gasteiger partial charge >= 0.3 is 5.97 Å². The number of Topliss-reactive ketones (excluding diaryl/α,β-unsaturated/α-hetero) is 1. The standard InChI is InChI=1S/C19H17BrN2O5S/c20-13-4-3-5-14(10-13)28(25,26)22-9-8-19(24)27-12-18(23)16-11-21-17-7-2-1-6-15(16)17/h1-7,10-11,21-22H,8-9,12H2. The Labute approximate surface area is 170 Å². The fraction of sp³-hybridized carbons (Fsp3) is 0.158. The molecule has 3 aromatic rings. The van der Waals surface area contributed by atoms with Crippen molar-refractivity contribution in [2.75, 3.05) is 13.2 Å². The molecule has 0 atom stereocenters. The zero-order chi connectivity index (χ0) is 20.1. The van der Waals surface area contributed by atoms with Crippen molar-refractivity contribution in [3.05, 3.63) is 64.8 Å². The maximum atomic E-state index is 12.3. The molecule has 2 N–H and O–H groups in total. The number of nitrogens with one attached hydrogen (secondary N) is 2. The van der Waals surface area contributed by atoms with Gasteiger partial charge in [-0.05, 0) is 24.3 Å². The van der Waals surface area contributed by atoms with Crippen LogP contribution in [0.3, 0.4) is 0 Å². The fourth-order valence-corrected chi connectivity index (χ4v) is 4.23. The summed E-state index contributed by atoms with van der Waals surface area (Å²) in [5.74, 6) is -0.995. The van der Waals surface area contributed by atoms with Crippen LogP contribution in [0.1, 0.15) is 16.8 Å². The molecule has 0 saturated heterocycles. The first-order chi connectivity index (χ1) is 13.4. The van der Waals surface area contributed by atoms with Gasteiger partial charge in [-0.3, -0.25) is 9.59 Å². The van der Waals surface area contributed by atoms with E-state index in [1.807, 2.05) is 18.2 Å². The minimum absolute atomic E-state index is 0.0877. The number of aromatic amines is 1. The van der Waals surface area contributed by atoms with E-state index in [0.717, 1.165) is 10.9 Å². The van der Waals surface area contributed by atoms with Crippen LogP contribution < -0.4 is 4.72 Å². The molecule has 0 bridgehead atoms. The largest absolute Gasteiger partial charge is 0.457 e. The van der Waals surface area contributed by atoms with E-state index in [2.05, 4.69) is 25.6 Å². The Balaban J connectivity index is 1.49. The van der Waals surface area contributed by atoms with Crippen molar-refractivity contribution < 1.29 is 22.7 Å². The SMILES string of the molecule is O=C(CCNS(=O)(=O)c1cccc(Br)c1)OCC(=O)c1c[nH]c2ccccc12. The second kappa shape index (κ2) is 8.68. The van der Waals surface area contributed by atoms with Crippen molar-refractivity contribution in [3.8, 4) is 0 Å². The lowest BCUT2D eigenvalue weighted by Crippen LogP contribution is -2.27. The average molecular weight is 465 g/mol. The number of para-hydroxylation sites is 1. The number of esters is 1. The zero-order valence-electron chi connectivity index (χ0n) is 14.6. The highest BCUT2D eigenvalue weighted by Crippen LogP contribution is 2.18. The van der Waals surface area contributed by atoms with Crippen molar-refractivity contribution in [1.82, 2.24) is 9.71 Å². The molecular weight excluding hydrogens is 448 g/mol. The van der Waals surface area contributed by atoms with E-state index in [1.54, 1.807) is 24.4 Å². The summed E-state index contributed by atoms with van der Waals surface area (Å²) in [5, 5.41) is 0.755. The van der Waals surface area contributed by atoms with E-state index < -0.39 is 22.6 Å². The van der Waals surface area contributed by atoms with Crippen LogP contribution in [0, 0.1) is 0 Å². The normalized spacial score (nSPS) is 11.5. The second-order valence-corrected chi connectivity index (χ2v) is 8.62. The number of carbonyl (C=O) groups is 2. The molecule has 0 aliphatic carbocycles. The predicted molar refractivity (Wildman–Crippen MR) is 108 cm³/mol. The molecule has 1 aromatic heterocycles. The van der Waals surface area contributed by atoms with E-state index >= 15 is 0 Å². The Morgan fingerprint density at radius 1 is 1.11 bits per heavy atom. The second-order valence-electron chi connectivity index (χ2n) is 5.94. The monoisotopic (exact) mass is 464 g/mol. The van der Waals surface area contributed by atoms with Gasteiger partial charge in [-0.15, -0.1) is 0 Å². The van der Waals surface area contributed by atoms with Crippen molar-refractivity contribution in [1.29, 1.82) is 0 Å². The van der Waals surface area contributed by atoms with Gasteiger partial charge in [-0.25, -0.2) is 13.1 Å². The van der Waals surface area contributed by atoms with Crippen LogP contribution in [0.5, 0.6) is 0 Å². The highest BCUT2D eigenvalue weighted by Gasteiger charge is 2.16. The van der Waals surface area contributed by atoms with Crippen molar-refractivity contribution in [3.63, 3.8) is 0 Å². The quantitative estimate of drug-likeness (QED) is 0.393. The van der Waals surface area contributed by atoms with E-state index in [9.17, 15) is 18.0 Å². The minimum Gasteiger partial charge on any atom is -0.457 e. The number of H-pyrrole nitrogens is 1. The summed E-state index contributed by atoms with van der Waals surface area (Å²) in [6, 6.07) is 13.5. The summed E-state index contributed by atoms with van der Waals surface area (Å²) in [5.41, 5.74) is 1.26. The molecule has 0 fully saturated rings. The maximum absolute atomic E-state index is 12.3. The van der Waals surface area contributed by atoms with Crippen molar-refractivity contribution in [2.24, 2.45) is 0 Å². The Morgan fingerprint density at radius 3 is 2.68 bits per heavy atom. The number of carbonyl (C=O) groups excluding carboxylic acids is 2. The van der Waals surface area contributed by atoms with Crippen LogP contribution >= 0.6 is 15.9 Å². The average Bonchev–Trinajstić information content (AvgIpc) is 3.10. The number of fused-ring (bicyclic) bond motifs is 1. The number of hydrogen-bond donors (Lipinski definition) is 2. The molecule has 0 saturated carbocycles. The van der Waals surface area contributed by atoms with E-state index in [1.165, 1.54) is 12.1 Å². The van der Waals surface area contributed by atoms with Gasteiger partial charge in [0.25, 0.3) is 0 Å². The van der Waals surface area contributed by atoms with Gasteiger partial charge in [0.15, 0.2) is 6.61 Å². The molecule has 3 rings (SSSR count). The third kappa shape index (κ3) is 4.86. The van der Waals surface area contributed by atoms with E-state index in [4.69, 9.17) is 4.74 Å². The van der Waals surface area contributed by atoms with Crippen LogP contribution in [0.4, 0.5) is 0 Å². The van der Waals surface area contributed by atoms with E-state index in [-0.39, 0.29) is 23.6 Å². The Kier molecular flexibility index (Phi) is 6.28. The van der Waals surface area contributed by atoms with E-state index in [0.29, 0.717) is 10.0 Å². The fourth-order valence-electron chi connectivity index (χ4n) is 2.60. The summed E-state index contributed by atoms with van der Waals surface area (Å²) in [6.45, 7) is -0.534. The van der Waals surface area contributed by atoms with Crippen LogP contribution in [0.25, 0.3) is 10.9 Å².